The van der Waals surface area contributed by atoms with E-state index in [1.54, 1.807) is 17.4 Å². The first-order chi connectivity index (χ1) is 14.2. The summed E-state index contributed by atoms with van der Waals surface area (Å²) in [5.74, 6) is -0.0389. The van der Waals surface area contributed by atoms with Crippen molar-refractivity contribution in [2.24, 2.45) is 0 Å². The Balaban J connectivity index is 1.54. The van der Waals surface area contributed by atoms with Crippen LogP contribution >= 0.6 is 22.9 Å². The lowest BCUT2D eigenvalue weighted by molar-refractivity contribution is 0.104. The number of halogens is 1. The van der Waals surface area contributed by atoms with Crippen LogP contribution in [0.2, 0.25) is 5.02 Å². The third-order valence-electron chi connectivity index (χ3n) is 4.84. The predicted octanol–water partition coefficient (Wildman–Crippen LogP) is 6.77. The quantitative estimate of drug-likeness (QED) is 0.240. The molecule has 5 heteroatoms. The molecule has 3 aromatic carbocycles. The van der Waals surface area contributed by atoms with Crippen LogP contribution in [-0.4, -0.2) is 15.2 Å². The van der Waals surface area contributed by atoms with Gasteiger partial charge in [0.1, 0.15) is 0 Å². The van der Waals surface area contributed by atoms with Gasteiger partial charge in [-0.2, -0.15) is 0 Å². The van der Waals surface area contributed by atoms with Gasteiger partial charge in [0.25, 0.3) is 0 Å². The molecule has 5 rings (SSSR count). The Bertz CT molecular complexity index is 1380. The summed E-state index contributed by atoms with van der Waals surface area (Å²) in [7, 11) is 0. The average molecular weight is 415 g/mol. The monoisotopic (exact) mass is 414 g/mol. The number of carbonyl (C=O) groups excluding carboxylic acids is 1. The third-order valence-corrected chi connectivity index (χ3v) is 5.85. The van der Waals surface area contributed by atoms with Crippen LogP contribution in [0.15, 0.2) is 84.4 Å². The van der Waals surface area contributed by atoms with Crippen LogP contribution in [0.5, 0.6) is 0 Å². The largest absolute Gasteiger partial charge is 0.290 e. The van der Waals surface area contributed by atoms with Crippen molar-refractivity contribution in [2.75, 3.05) is 0 Å². The summed E-state index contributed by atoms with van der Waals surface area (Å²) < 4.78 is 2.00. The normalized spacial score (nSPS) is 11.6. The lowest BCUT2D eigenvalue weighted by Gasteiger charge is -2.02. The minimum absolute atomic E-state index is 0.0389. The highest BCUT2D eigenvalue weighted by Gasteiger charge is 2.13. The zero-order valence-corrected chi connectivity index (χ0v) is 16.8. The smallest absolute Gasteiger partial charge is 0.194 e. The van der Waals surface area contributed by atoms with Gasteiger partial charge in [0.2, 0.25) is 0 Å². The molecule has 0 fully saturated rings. The van der Waals surface area contributed by atoms with E-state index in [1.165, 1.54) is 0 Å². The van der Waals surface area contributed by atoms with Gasteiger partial charge in [0.15, 0.2) is 10.7 Å². The van der Waals surface area contributed by atoms with Crippen LogP contribution in [0.25, 0.3) is 33.1 Å². The number of nitrogens with zero attached hydrogens (tertiary/aromatic N) is 2. The first-order valence-corrected chi connectivity index (χ1v) is 10.4. The Kier molecular flexibility index (Phi) is 4.51. The molecule has 3 nitrogen and oxygen atoms in total. The number of benzene rings is 3. The van der Waals surface area contributed by atoms with Crippen molar-refractivity contribution >= 4 is 50.5 Å². The second kappa shape index (κ2) is 7.32. The Morgan fingerprint density at radius 3 is 2.62 bits per heavy atom. The number of carbonyl (C=O) groups is 1. The molecule has 0 unspecified atom stereocenters. The summed E-state index contributed by atoms with van der Waals surface area (Å²) in [6, 6.07) is 21.4. The lowest BCUT2D eigenvalue weighted by Crippen LogP contribution is -1.94. The van der Waals surface area contributed by atoms with Crippen LogP contribution in [0.1, 0.15) is 16.1 Å². The first-order valence-electron chi connectivity index (χ1n) is 9.12. The van der Waals surface area contributed by atoms with Crippen molar-refractivity contribution in [3.63, 3.8) is 0 Å². The van der Waals surface area contributed by atoms with E-state index in [4.69, 9.17) is 16.6 Å². The standard InChI is InChI=1S/C24H15ClN2OS/c25-20-9-7-17(8-10-20)23-21(27-13-14-29-24(27)26-23)11-12-22(28)19-6-5-16-3-1-2-4-18(16)15-19/h1-15H/b12-11+. The molecule has 2 heterocycles. The van der Waals surface area contributed by atoms with Gasteiger partial charge < -0.3 is 0 Å². The second-order valence-electron chi connectivity index (χ2n) is 6.67. The fraction of sp³-hybridized carbons (Fsp3) is 0. The molecule has 0 atom stereocenters. The van der Waals surface area contributed by atoms with Gasteiger partial charge in [-0.25, -0.2) is 4.98 Å². The molecule has 0 amide bonds. The van der Waals surface area contributed by atoms with Gasteiger partial charge in [0, 0.05) is 27.7 Å². The van der Waals surface area contributed by atoms with Crippen molar-refractivity contribution in [3.05, 3.63) is 101 Å². The molecule has 0 N–H and O–H groups in total. The topological polar surface area (TPSA) is 34.4 Å². The van der Waals surface area contributed by atoms with Crippen LogP contribution in [0.3, 0.4) is 0 Å². The van der Waals surface area contributed by atoms with Crippen molar-refractivity contribution in [1.82, 2.24) is 9.38 Å². The van der Waals surface area contributed by atoms with E-state index in [-0.39, 0.29) is 5.78 Å². The number of fused-ring (bicyclic) bond motifs is 2. The number of hydrogen-bond acceptors (Lipinski definition) is 3. The van der Waals surface area contributed by atoms with E-state index in [1.807, 2.05) is 88.8 Å². The van der Waals surface area contributed by atoms with Gasteiger partial charge in [-0.05, 0) is 41.1 Å². The first kappa shape index (κ1) is 17.9. The fourth-order valence-electron chi connectivity index (χ4n) is 3.38. The number of thiazole rings is 1. The Morgan fingerprint density at radius 2 is 1.79 bits per heavy atom. The molecule has 0 aliphatic rings. The molecule has 5 aromatic rings. The Labute approximate surface area is 176 Å². The van der Waals surface area contributed by atoms with Crippen molar-refractivity contribution in [3.8, 4) is 11.3 Å². The van der Waals surface area contributed by atoms with Crippen LogP contribution < -0.4 is 0 Å². The van der Waals surface area contributed by atoms with Gasteiger partial charge in [-0.3, -0.25) is 9.20 Å². The van der Waals surface area contributed by atoms with Crippen molar-refractivity contribution < 1.29 is 4.79 Å². The maximum Gasteiger partial charge on any atom is 0.194 e. The van der Waals surface area contributed by atoms with E-state index in [0.717, 1.165) is 32.7 Å². The maximum absolute atomic E-state index is 12.8. The zero-order chi connectivity index (χ0) is 19.8. The van der Waals surface area contributed by atoms with E-state index in [0.29, 0.717) is 10.6 Å². The van der Waals surface area contributed by atoms with Crippen LogP contribution in [-0.2, 0) is 0 Å². The molecule has 29 heavy (non-hydrogen) atoms. The molecule has 0 aliphatic carbocycles. The lowest BCUT2D eigenvalue weighted by atomic mass is 10.0. The zero-order valence-electron chi connectivity index (χ0n) is 15.2. The number of rotatable bonds is 4. The summed E-state index contributed by atoms with van der Waals surface area (Å²) in [4.78, 5) is 18.4. The fourth-order valence-corrected chi connectivity index (χ4v) is 4.22. The van der Waals surface area contributed by atoms with Gasteiger partial charge in [-0.1, -0.05) is 60.1 Å². The summed E-state index contributed by atoms with van der Waals surface area (Å²) >= 11 is 7.59. The highest BCUT2D eigenvalue weighted by atomic mass is 35.5. The number of aromatic nitrogens is 2. The van der Waals surface area contributed by atoms with Gasteiger partial charge in [-0.15, -0.1) is 11.3 Å². The molecule has 2 aromatic heterocycles. The van der Waals surface area contributed by atoms with E-state index in [2.05, 4.69) is 0 Å². The number of ketones is 1. The molecular formula is C24H15ClN2OS. The predicted molar refractivity (Wildman–Crippen MR) is 121 cm³/mol. The minimum atomic E-state index is -0.0389. The number of allylic oxidation sites excluding steroid dienone is 1. The molecule has 0 saturated heterocycles. The van der Waals surface area contributed by atoms with E-state index >= 15 is 0 Å². The molecule has 0 saturated carbocycles. The van der Waals surface area contributed by atoms with Crippen molar-refractivity contribution in [1.29, 1.82) is 0 Å². The van der Waals surface area contributed by atoms with Gasteiger partial charge in [0.05, 0.1) is 11.4 Å². The highest BCUT2D eigenvalue weighted by molar-refractivity contribution is 7.15. The van der Waals surface area contributed by atoms with Crippen molar-refractivity contribution in [2.45, 2.75) is 0 Å². The summed E-state index contributed by atoms with van der Waals surface area (Å²) in [6.45, 7) is 0. The Hall–Kier alpha value is -3.21. The van der Waals surface area contributed by atoms with Crippen LogP contribution in [0, 0.1) is 0 Å². The summed E-state index contributed by atoms with van der Waals surface area (Å²) in [6.07, 6.45) is 5.42. The third kappa shape index (κ3) is 3.37. The molecule has 0 spiro atoms. The van der Waals surface area contributed by atoms with E-state index in [9.17, 15) is 4.79 Å². The minimum Gasteiger partial charge on any atom is -0.290 e. The number of imidazole rings is 1. The molecule has 0 bridgehead atoms. The summed E-state index contributed by atoms with van der Waals surface area (Å²) in [5.41, 5.74) is 3.33. The highest BCUT2D eigenvalue weighted by Crippen LogP contribution is 2.29. The maximum atomic E-state index is 12.8. The van der Waals surface area contributed by atoms with Crippen LogP contribution in [0.4, 0.5) is 0 Å². The van der Waals surface area contributed by atoms with Gasteiger partial charge >= 0.3 is 0 Å². The second-order valence-corrected chi connectivity index (χ2v) is 7.98. The summed E-state index contributed by atoms with van der Waals surface area (Å²) in [5, 5.41) is 4.83. The SMILES string of the molecule is O=C(/C=C/c1c(-c2ccc(Cl)cc2)nc2sccn12)c1ccc2ccccc2c1. The van der Waals surface area contributed by atoms with E-state index < -0.39 is 0 Å². The average Bonchev–Trinajstić information content (AvgIpc) is 3.34. The molecular weight excluding hydrogens is 400 g/mol. The Morgan fingerprint density at radius 1 is 1.00 bits per heavy atom. The number of hydrogen-bond donors (Lipinski definition) is 0. The molecule has 140 valence electrons. The molecule has 0 aliphatic heterocycles. The molecule has 0 radical (unpaired) electrons.